The van der Waals surface area contributed by atoms with E-state index in [4.69, 9.17) is 14.2 Å². The molecule has 0 radical (unpaired) electrons. The zero-order valence-corrected chi connectivity index (χ0v) is 15.8. The van der Waals surface area contributed by atoms with Crippen LogP contribution in [-0.4, -0.2) is 56.2 Å². The maximum absolute atomic E-state index is 12.2. The molecule has 1 heterocycles. The van der Waals surface area contributed by atoms with E-state index in [0.717, 1.165) is 19.6 Å². The number of carbonyl (C=O) groups is 1. The van der Waals surface area contributed by atoms with Gasteiger partial charge >= 0.3 is 6.09 Å². The predicted octanol–water partition coefficient (Wildman–Crippen LogP) is 2.63. The summed E-state index contributed by atoms with van der Waals surface area (Å²) in [5, 5.41) is 2.99. The second-order valence-corrected chi connectivity index (χ2v) is 7.44. The fraction of sp³-hybridized carbons (Fsp3) is 0.632. The first-order chi connectivity index (χ1) is 11.8. The third kappa shape index (κ3) is 5.99. The fourth-order valence-corrected chi connectivity index (χ4v) is 3.22. The summed E-state index contributed by atoms with van der Waals surface area (Å²) >= 11 is 0. The van der Waals surface area contributed by atoms with E-state index in [1.54, 1.807) is 14.2 Å². The zero-order chi connectivity index (χ0) is 18.4. The highest BCUT2D eigenvalue weighted by Gasteiger charge is 2.40. The van der Waals surface area contributed by atoms with Gasteiger partial charge in [-0.25, -0.2) is 4.79 Å². The minimum absolute atomic E-state index is 0.0335. The van der Waals surface area contributed by atoms with Gasteiger partial charge < -0.3 is 19.5 Å². The summed E-state index contributed by atoms with van der Waals surface area (Å²) in [4.78, 5) is 14.5. The Hall–Kier alpha value is -1.63. The lowest BCUT2D eigenvalue weighted by Crippen LogP contribution is -2.46. The molecule has 1 aromatic rings. The average Bonchev–Trinajstić information content (AvgIpc) is 2.90. The molecule has 6 nitrogen and oxygen atoms in total. The van der Waals surface area contributed by atoms with Crippen molar-refractivity contribution in [2.75, 3.05) is 27.3 Å². The molecule has 25 heavy (non-hydrogen) atoms. The SMILES string of the molecule is COC(OC)[C@@H]1CN(Cc2ccccc2)CC1NC(=O)OC(C)(C)C. The molecule has 1 aliphatic heterocycles. The highest BCUT2D eigenvalue weighted by molar-refractivity contribution is 5.68. The summed E-state index contributed by atoms with van der Waals surface area (Å²) in [7, 11) is 3.25. The lowest BCUT2D eigenvalue weighted by molar-refractivity contribution is -0.138. The monoisotopic (exact) mass is 350 g/mol. The van der Waals surface area contributed by atoms with Gasteiger partial charge in [0.05, 0.1) is 6.04 Å². The van der Waals surface area contributed by atoms with Crippen LogP contribution in [0.3, 0.4) is 0 Å². The third-order valence-corrected chi connectivity index (χ3v) is 4.21. The Kier molecular flexibility index (Phi) is 6.81. The van der Waals surface area contributed by atoms with Crippen molar-refractivity contribution in [2.45, 2.75) is 45.2 Å². The van der Waals surface area contributed by atoms with E-state index >= 15 is 0 Å². The summed E-state index contributed by atoms with van der Waals surface area (Å²) in [5.74, 6) is 0.0335. The second kappa shape index (κ2) is 8.65. The number of alkyl carbamates (subject to hydrolysis) is 1. The second-order valence-electron chi connectivity index (χ2n) is 7.44. The lowest BCUT2D eigenvalue weighted by atomic mass is 10.0. The molecule has 0 bridgehead atoms. The van der Waals surface area contributed by atoms with Gasteiger partial charge in [-0.3, -0.25) is 4.90 Å². The topological polar surface area (TPSA) is 60.0 Å². The van der Waals surface area contributed by atoms with Crippen LogP contribution in [-0.2, 0) is 20.8 Å². The minimum atomic E-state index is -0.524. The molecular formula is C19H30N2O4. The predicted molar refractivity (Wildman–Crippen MR) is 96.2 cm³/mol. The Morgan fingerprint density at radius 3 is 2.40 bits per heavy atom. The van der Waals surface area contributed by atoms with Gasteiger partial charge in [-0.1, -0.05) is 30.3 Å². The van der Waals surface area contributed by atoms with Gasteiger partial charge in [0.25, 0.3) is 0 Å². The Morgan fingerprint density at radius 1 is 1.20 bits per heavy atom. The molecule has 1 aromatic carbocycles. The van der Waals surface area contributed by atoms with E-state index in [2.05, 4.69) is 22.3 Å². The Balaban J connectivity index is 2.04. The molecule has 1 aliphatic rings. The molecule has 6 heteroatoms. The molecule has 1 unspecified atom stereocenters. The molecule has 0 aliphatic carbocycles. The third-order valence-electron chi connectivity index (χ3n) is 4.21. The van der Waals surface area contributed by atoms with Gasteiger partial charge in [-0.2, -0.15) is 0 Å². The van der Waals surface area contributed by atoms with E-state index in [0.29, 0.717) is 0 Å². The first-order valence-corrected chi connectivity index (χ1v) is 8.64. The van der Waals surface area contributed by atoms with Crippen molar-refractivity contribution < 1.29 is 19.0 Å². The van der Waals surface area contributed by atoms with Crippen LogP contribution in [0.2, 0.25) is 0 Å². The van der Waals surface area contributed by atoms with Crippen LogP contribution in [0.1, 0.15) is 26.3 Å². The summed E-state index contributed by atoms with van der Waals surface area (Å²) in [6.07, 6.45) is -0.782. The number of benzene rings is 1. The molecule has 1 amide bonds. The van der Waals surface area contributed by atoms with E-state index < -0.39 is 11.7 Å². The molecule has 1 fully saturated rings. The number of nitrogens with one attached hydrogen (secondary N) is 1. The maximum Gasteiger partial charge on any atom is 0.407 e. The van der Waals surface area contributed by atoms with Crippen LogP contribution < -0.4 is 5.32 Å². The molecule has 2 atom stereocenters. The van der Waals surface area contributed by atoms with Crippen LogP contribution in [0.25, 0.3) is 0 Å². The van der Waals surface area contributed by atoms with Crippen LogP contribution >= 0.6 is 0 Å². The summed E-state index contributed by atoms with van der Waals surface area (Å²) in [5.41, 5.74) is 0.717. The molecular weight excluding hydrogens is 320 g/mol. The van der Waals surface area contributed by atoms with Gasteiger partial charge in [0.15, 0.2) is 6.29 Å². The van der Waals surface area contributed by atoms with Gasteiger partial charge in [0.2, 0.25) is 0 Å². The molecule has 0 aromatic heterocycles. The first-order valence-electron chi connectivity index (χ1n) is 8.64. The number of ether oxygens (including phenoxy) is 3. The van der Waals surface area contributed by atoms with Gasteiger partial charge in [-0.15, -0.1) is 0 Å². The van der Waals surface area contributed by atoms with Crippen LogP contribution in [0, 0.1) is 5.92 Å². The largest absolute Gasteiger partial charge is 0.444 e. The Bertz CT molecular complexity index is 540. The summed E-state index contributed by atoms with van der Waals surface area (Å²) in [6.45, 7) is 7.89. The van der Waals surface area contributed by atoms with Crippen LogP contribution in [0.5, 0.6) is 0 Å². The van der Waals surface area contributed by atoms with Gasteiger partial charge in [0, 0.05) is 39.8 Å². The quantitative estimate of drug-likeness (QED) is 0.799. The van der Waals surface area contributed by atoms with Crippen molar-refractivity contribution >= 4 is 6.09 Å². The highest BCUT2D eigenvalue weighted by atomic mass is 16.7. The van der Waals surface area contributed by atoms with Crippen LogP contribution in [0.4, 0.5) is 4.79 Å². The summed E-state index contributed by atoms with van der Waals surface area (Å²) < 4.78 is 16.3. The molecule has 0 saturated carbocycles. The number of likely N-dealkylation sites (tertiary alicyclic amines) is 1. The number of amides is 1. The van der Waals surface area contributed by atoms with E-state index in [1.165, 1.54) is 5.56 Å². The van der Waals surface area contributed by atoms with Crippen LogP contribution in [0.15, 0.2) is 30.3 Å². The normalized spacial score (nSPS) is 21.5. The number of hydrogen-bond acceptors (Lipinski definition) is 5. The van der Waals surface area contributed by atoms with Crippen molar-refractivity contribution in [3.8, 4) is 0 Å². The highest BCUT2D eigenvalue weighted by Crippen LogP contribution is 2.25. The van der Waals surface area contributed by atoms with Crippen molar-refractivity contribution in [3.05, 3.63) is 35.9 Å². The lowest BCUT2D eigenvalue weighted by Gasteiger charge is -2.27. The Morgan fingerprint density at radius 2 is 1.84 bits per heavy atom. The number of methoxy groups -OCH3 is 2. The average molecular weight is 350 g/mol. The van der Waals surface area contributed by atoms with Crippen molar-refractivity contribution in [1.29, 1.82) is 0 Å². The fourth-order valence-electron chi connectivity index (χ4n) is 3.22. The number of hydrogen-bond donors (Lipinski definition) is 1. The molecule has 140 valence electrons. The molecule has 0 spiro atoms. The number of carbonyl (C=O) groups excluding carboxylic acids is 1. The van der Waals surface area contributed by atoms with Gasteiger partial charge in [-0.05, 0) is 26.3 Å². The van der Waals surface area contributed by atoms with Crippen molar-refractivity contribution in [1.82, 2.24) is 10.2 Å². The summed E-state index contributed by atoms with van der Waals surface area (Å²) in [6, 6.07) is 10.2. The molecule has 1 saturated heterocycles. The standard InChI is InChI=1S/C19H30N2O4/c1-19(2,3)25-18(22)20-16-13-21(11-14-9-7-6-8-10-14)12-15(16)17(23-4)24-5/h6-10,15-17H,11-13H2,1-5H3,(H,20,22)/t15-,16?/m1/s1. The van der Waals surface area contributed by atoms with E-state index in [1.807, 2.05) is 39.0 Å². The maximum atomic E-state index is 12.2. The zero-order valence-electron chi connectivity index (χ0n) is 15.8. The minimum Gasteiger partial charge on any atom is -0.444 e. The molecule has 2 rings (SSSR count). The van der Waals surface area contributed by atoms with Crippen molar-refractivity contribution in [3.63, 3.8) is 0 Å². The van der Waals surface area contributed by atoms with Crippen molar-refractivity contribution in [2.24, 2.45) is 5.92 Å². The number of rotatable bonds is 6. The number of nitrogens with zero attached hydrogens (tertiary/aromatic N) is 1. The van der Waals surface area contributed by atoms with Gasteiger partial charge in [0.1, 0.15) is 5.60 Å². The van der Waals surface area contributed by atoms with E-state index in [9.17, 15) is 4.79 Å². The molecule has 1 N–H and O–H groups in total. The van der Waals surface area contributed by atoms with E-state index in [-0.39, 0.29) is 18.2 Å². The Labute approximate surface area is 150 Å². The first kappa shape index (κ1) is 19.7. The smallest absolute Gasteiger partial charge is 0.407 e.